The van der Waals surface area contributed by atoms with Crippen molar-refractivity contribution in [2.24, 2.45) is 0 Å². The second kappa shape index (κ2) is 7.96. The molecule has 104 valence electrons. The van der Waals surface area contributed by atoms with Crippen LogP contribution >= 0.6 is 15.9 Å². The highest BCUT2D eigenvalue weighted by Gasteiger charge is 2.07. The molecule has 19 heavy (non-hydrogen) atoms. The van der Waals surface area contributed by atoms with Crippen LogP contribution in [0.5, 0.6) is 5.75 Å². The fourth-order valence-electron chi connectivity index (χ4n) is 1.62. The molecule has 0 aliphatic carbocycles. The number of carbonyl (C=O) groups is 1. The summed E-state index contributed by atoms with van der Waals surface area (Å²) >= 11 is 3.39. The summed E-state index contributed by atoms with van der Waals surface area (Å²) in [6.45, 7) is 3.09. The Balaban J connectivity index is 2.89. The van der Waals surface area contributed by atoms with Crippen LogP contribution < -0.4 is 4.74 Å². The molecule has 0 aromatic heterocycles. The third-order valence-electron chi connectivity index (χ3n) is 2.41. The lowest BCUT2D eigenvalue weighted by atomic mass is 10.1. The largest absolute Gasteiger partial charge is 0.493 e. The summed E-state index contributed by atoms with van der Waals surface area (Å²) in [5, 5.41) is 8.69. The third-order valence-corrected chi connectivity index (χ3v) is 2.87. The van der Waals surface area contributed by atoms with Gasteiger partial charge in [0.05, 0.1) is 6.61 Å². The predicted octanol–water partition coefficient (Wildman–Crippen LogP) is 3.27. The molecule has 1 rings (SSSR count). The Kier molecular flexibility index (Phi) is 6.59. The van der Waals surface area contributed by atoms with Crippen molar-refractivity contribution in [1.29, 1.82) is 0 Å². The van der Waals surface area contributed by atoms with Crippen LogP contribution in [0.4, 0.5) is 0 Å². The lowest BCUT2D eigenvalue weighted by Crippen LogP contribution is -2.04. The zero-order chi connectivity index (χ0) is 14.3. The Hall–Kier alpha value is -1.33. The molecule has 0 saturated carbocycles. The Morgan fingerprint density at radius 3 is 2.79 bits per heavy atom. The molecule has 0 aliphatic rings. The molecule has 0 aliphatic heterocycles. The van der Waals surface area contributed by atoms with Gasteiger partial charge in [-0.3, -0.25) is 0 Å². The zero-order valence-corrected chi connectivity index (χ0v) is 12.6. The van der Waals surface area contributed by atoms with Crippen molar-refractivity contribution in [2.75, 3.05) is 20.3 Å². The quantitative estimate of drug-likeness (QED) is 0.616. The number of methoxy groups -OCH3 is 1. The van der Waals surface area contributed by atoms with E-state index >= 15 is 0 Å². The summed E-state index contributed by atoms with van der Waals surface area (Å²) in [6.07, 6.45) is 3.42. The van der Waals surface area contributed by atoms with E-state index in [4.69, 9.17) is 14.6 Å². The molecular weight excluding hydrogens is 312 g/mol. The summed E-state index contributed by atoms with van der Waals surface area (Å²) in [6, 6.07) is 3.77. The maximum Gasteiger partial charge on any atom is 0.328 e. The van der Waals surface area contributed by atoms with E-state index in [-0.39, 0.29) is 0 Å². The van der Waals surface area contributed by atoms with Crippen molar-refractivity contribution in [3.63, 3.8) is 0 Å². The van der Waals surface area contributed by atoms with Crippen LogP contribution in [0.15, 0.2) is 22.7 Å². The van der Waals surface area contributed by atoms with Gasteiger partial charge in [-0.2, -0.15) is 0 Å². The number of benzene rings is 1. The Labute approximate surface area is 121 Å². The normalized spacial score (nSPS) is 10.9. The van der Waals surface area contributed by atoms with Crippen molar-refractivity contribution in [3.8, 4) is 5.75 Å². The lowest BCUT2D eigenvalue weighted by Gasteiger charge is -2.13. The summed E-state index contributed by atoms with van der Waals surface area (Å²) in [4.78, 5) is 10.6. The van der Waals surface area contributed by atoms with Crippen LogP contribution in [-0.4, -0.2) is 31.4 Å². The topological polar surface area (TPSA) is 55.8 Å². The fraction of sp³-hybridized carbons (Fsp3) is 0.357. The van der Waals surface area contributed by atoms with Gasteiger partial charge in [-0.1, -0.05) is 15.9 Å². The van der Waals surface area contributed by atoms with Crippen LogP contribution in [0.3, 0.4) is 0 Å². The van der Waals surface area contributed by atoms with Crippen molar-refractivity contribution in [2.45, 2.75) is 13.3 Å². The summed E-state index contributed by atoms with van der Waals surface area (Å²) < 4.78 is 11.6. The molecule has 5 heteroatoms. The van der Waals surface area contributed by atoms with Crippen molar-refractivity contribution >= 4 is 28.0 Å². The van der Waals surface area contributed by atoms with E-state index in [0.717, 1.165) is 28.1 Å². The first-order chi connectivity index (χ1) is 9.04. The van der Waals surface area contributed by atoms with E-state index in [9.17, 15) is 4.79 Å². The van der Waals surface area contributed by atoms with Crippen LogP contribution in [0.25, 0.3) is 6.08 Å². The van der Waals surface area contributed by atoms with E-state index in [1.54, 1.807) is 7.11 Å². The smallest absolute Gasteiger partial charge is 0.328 e. The van der Waals surface area contributed by atoms with Gasteiger partial charge < -0.3 is 14.6 Å². The van der Waals surface area contributed by atoms with Gasteiger partial charge in [-0.15, -0.1) is 0 Å². The van der Waals surface area contributed by atoms with Gasteiger partial charge in [0.15, 0.2) is 0 Å². The molecule has 0 saturated heterocycles. The Bertz CT molecular complexity index is 469. The summed E-state index contributed by atoms with van der Waals surface area (Å²) in [5.74, 6) is -0.278. The van der Waals surface area contributed by atoms with Crippen LogP contribution in [-0.2, 0) is 9.53 Å². The highest BCUT2D eigenvalue weighted by Crippen LogP contribution is 2.29. The molecule has 0 spiro atoms. The van der Waals surface area contributed by atoms with Crippen LogP contribution in [0.2, 0.25) is 0 Å². The number of carboxylic acids is 1. The molecule has 0 heterocycles. The number of hydrogen-bond donors (Lipinski definition) is 1. The van der Waals surface area contributed by atoms with Gasteiger partial charge in [0.2, 0.25) is 0 Å². The average molecular weight is 329 g/mol. The second-order valence-corrected chi connectivity index (χ2v) is 4.92. The van der Waals surface area contributed by atoms with E-state index < -0.39 is 5.97 Å². The average Bonchev–Trinajstić information content (AvgIpc) is 2.34. The van der Waals surface area contributed by atoms with E-state index in [0.29, 0.717) is 19.0 Å². The van der Waals surface area contributed by atoms with Crippen molar-refractivity contribution < 1.29 is 19.4 Å². The molecule has 1 aromatic carbocycles. The number of carboxylic acid groups (broad SMARTS) is 1. The first-order valence-corrected chi connectivity index (χ1v) is 6.66. The van der Waals surface area contributed by atoms with Gasteiger partial charge in [0.25, 0.3) is 0 Å². The number of hydrogen-bond acceptors (Lipinski definition) is 3. The molecule has 0 radical (unpaired) electrons. The monoisotopic (exact) mass is 328 g/mol. The molecule has 0 atom stereocenters. The molecule has 0 amide bonds. The van der Waals surface area contributed by atoms with E-state index in [1.165, 1.54) is 6.08 Å². The summed E-state index contributed by atoms with van der Waals surface area (Å²) in [7, 11) is 1.64. The van der Waals surface area contributed by atoms with Crippen molar-refractivity contribution in [3.05, 3.63) is 33.8 Å². The Morgan fingerprint density at radius 2 is 2.16 bits per heavy atom. The molecule has 1 aromatic rings. The minimum atomic E-state index is -0.983. The van der Waals surface area contributed by atoms with Crippen LogP contribution in [0.1, 0.15) is 17.5 Å². The number of halogens is 1. The molecular formula is C14H17BrO4. The molecule has 0 bridgehead atoms. The third kappa shape index (κ3) is 5.44. The standard InChI is InChI=1S/C14H17BrO4/c1-10-8-12(15)9-11(4-5-13(16)17)14(10)19-7-3-6-18-2/h4-5,8-9H,3,6-7H2,1-2H3,(H,16,17)/b5-4+. The van der Waals surface area contributed by atoms with Gasteiger partial charge in [0.1, 0.15) is 5.75 Å². The maximum atomic E-state index is 10.6. The highest BCUT2D eigenvalue weighted by atomic mass is 79.9. The van der Waals surface area contributed by atoms with Gasteiger partial charge in [-0.25, -0.2) is 4.79 Å². The lowest BCUT2D eigenvalue weighted by molar-refractivity contribution is -0.131. The maximum absolute atomic E-state index is 10.6. The highest BCUT2D eigenvalue weighted by molar-refractivity contribution is 9.10. The SMILES string of the molecule is COCCCOc1c(C)cc(Br)cc1/C=C/C(=O)O. The number of ether oxygens (including phenoxy) is 2. The van der Waals surface area contributed by atoms with E-state index in [1.807, 2.05) is 19.1 Å². The minimum absolute atomic E-state index is 0.532. The Morgan fingerprint density at radius 1 is 1.42 bits per heavy atom. The molecule has 0 fully saturated rings. The minimum Gasteiger partial charge on any atom is -0.493 e. The first-order valence-electron chi connectivity index (χ1n) is 5.87. The van der Waals surface area contributed by atoms with Gasteiger partial charge in [-0.05, 0) is 30.7 Å². The van der Waals surface area contributed by atoms with Crippen LogP contribution in [0, 0.1) is 6.92 Å². The van der Waals surface area contributed by atoms with Gasteiger partial charge in [0, 0.05) is 36.2 Å². The molecule has 4 nitrogen and oxygen atoms in total. The second-order valence-electron chi connectivity index (χ2n) is 4.01. The van der Waals surface area contributed by atoms with E-state index in [2.05, 4.69) is 15.9 Å². The zero-order valence-electron chi connectivity index (χ0n) is 11.0. The van der Waals surface area contributed by atoms with Crippen molar-refractivity contribution in [1.82, 2.24) is 0 Å². The number of aliphatic carboxylic acids is 1. The first kappa shape index (κ1) is 15.7. The number of rotatable bonds is 7. The number of aryl methyl sites for hydroxylation is 1. The van der Waals surface area contributed by atoms with Gasteiger partial charge >= 0.3 is 5.97 Å². The molecule has 1 N–H and O–H groups in total. The summed E-state index contributed by atoms with van der Waals surface area (Å²) in [5.41, 5.74) is 1.70. The fourth-order valence-corrected chi connectivity index (χ4v) is 2.21. The predicted molar refractivity (Wildman–Crippen MR) is 77.5 cm³/mol. The molecule has 0 unspecified atom stereocenters.